The maximum atomic E-state index is 2.50. The van der Waals surface area contributed by atoms with E-state index in [9.17, 15) is 0 Å². The smallest absolute Gasteiger partial charge is 0.00152 e. The van der Waals surface area contributed by atoms with E-state index in [0.29, 0.717) is 5.41 Å². The first kappa shape index (κ1) is 10.3. The molecule has 16 heavy (non-hydrogen) atoms. The summed E-state index contributed by atoms with van der Waals surface area (Å²) >= 11 is 0. The fourth-order valence-corrected chi connectivity index (χ4v) is 3.69. The van der Waals surface area contributed by atoms with E-state index < -0.39 is 0 Å². The van der Waals surface area contributed by atoms with Crippen molar-refractivity contribution in [2.24, 2.45) is 5.92 Å². The lowest BCUT2D eigenvalue weighted by Crippen LogP contribution is -2.49. The fraction of sp³-hybridized carbons (Fsp3) is 0.600. The fourth-order valence-electron chi connectivity index (χ4n) is 3.69. The highest BCUT2D eigenvalue weighted by molar-refractivity contribution is 5.37. The van der Waals surface area contributed by atoms with E-state index in [2.05, 4.69) is 43.1 Å². The molecule has 1 aromatic carbocycles. The van der Waals surface area contributed by atoms with Crippen LogP contribution < -0.4 is 0 Å². The molecule has 0 radical (unpaired) electrons. The molecule has 1 heterocycles. The summed E-state index contributed by atoms with van der Waals surface area (Å²) in [6.07, 6.45) is 3.98. The summed E-state index contributed by atoms with van der Waals surface area (Å²) in [6, 6.07) is 9.10. The Morgan fingerprint density at radius 1 is 1.31 bits per heavy atom. The maximum absolute atomic E-state index is 2.50. The van der Waals surface area contributed by atoms with Crippen LogP contribution in [0.2, 0.25) is 0 Å². The number of hydrogen-bond donors (Lipinski definition) is 0. The lowest BCUT2D eigenvalue weighted by Gasteiger charge is -2.49. The topological polar surface area (TPSA) is 3.24 Å². The van der Waals surface area contributed by atoms with E-state index in [1.54, 1.807) is 11.1 Å². The van der Waals surface area contributed by atoms with Gasteiger partial charge in [0, 0.05) is 6.54 Å². The van der Waals surface area contributed by atoms with Gasteiger partial charge in [0.1, 0.15) is 0 Å². The Hall–Kier alpha value is -0.820. The molecule has 0 bridgehead atoms. The second kappa shape index (κ2) is 3.59. The van der Waals surface area contributed by atoms with E-state index in [4.69, 9.17) is 0 Å². The first-order valence-corrected chi connectivity index (χ1v) is 6.47. The van der Waals surface area contributed by atoms with Crippen molar-refractivity contribution in [3.05, 3.63) is 35.4 Å². The first-order valence-electron chi connectivity index (χ1n) is 6.47. The average Bonchev–Trinajstić information content (AvgIpc) is 2.31. The second-order valence-electron chi connectivity index (χ2n) is 5.82. The minimum absolute atomic E-state index is 0.446. The molecule has 0 spiro atoms. The minimum Gasteiger partial charge on any atom is -0.306 e. The zero-order valence-corrected chi connectivity index (χ0v) is 10.4. The molecule has 2 atom stereocenters. The molecule has 1 saturated heterocycles. The van der Waals surface area contributed by atoms with Gasteiger partial charge in [-0.3, -0.25) is 0 Å². The largest absolute Gasteiger partial charge is 0.306 e. The number of fused-ring (bicyclic) bond motifs is 3. The highest BCUT2D eigenvalue weighted by atomic mass is 15.1. The third-order valence-electron chi connectivity index (χ3n) is 4.84. The lowest BCUT2D eigenvalue weighted by molar-refractivity contribution is 0.106. The summed E-state index contributed by atoms with van der Waals surface area (Å²) in [6.45, 7) is 5.02. The van der Waals surface area contributed by atoms with Crippen molar-refractivity contribution in [3.8, 4) is 0 Å². The third-order valence-corrected chi connectivity index (χ3v) is 4.84. The van der Waals surface area contributed by atoms with Gasteiger partial charge in [0.15, 0.2) is 0 Å². The number of benzene rings is 1. The number of aryl methyl sites for hydroxylation is 1. The van der Waals surface area contributed by atoms with Gasteiger partial charge >= 0.3 is 0 Å². The Kier molecular flexibility index (Phi) is 2.32. The van der Waals surface area contributed by atoms with Gasteiger partial charge in [-0.05, 0) is 55.3 Å². The Balaban J connectivity index is 2.03. The normalized spacial score (nSPS) is 34.2. The van der Waals surface area contributed by atoms with E-state index in [1.165, 1.54) is 32.4 Å². The molecule has 86 valence electrons. The van der Waals surface area contributed by atoms with Crippen LogP contribution in [0.25, 0.3) is 0 Å². The van der Waals surface area contributed by atoms with Gasteiger partial charge in [-0.1, -0.05) is 31.2 Å². The molecule has 1 aromatic rings. The predicted molar refractivity (Wildman–Crippen MR) is 67.7 cm³/mol. The molecule has 0 unspecified atom stereocenters. The van der Waals surface area contributed by atoms with E-state index >= 15 is 0 Å². The zero-order valence-electron chi connectivity index (χ0n) is 10.4. The van der Waals surface area contributed by atoms with Crippen molar-refractivity contribution in [3.63, 3.8) is 0 Å². The molecule has 1 nitrogen and oxygen atoms in total. The van der Waals surface area contributed by atoms with Gasteiger partial charge in [0.2, 0.25) is 0 Å². The third kappa shape index (κ3) is 1.41. The number of rotatable bonds is 0. The number of hydrogen-bond acceptors (Lipinski definition) is 1. The highest BCUT2D eigenvalue weighted by Gasteiger charge is 2.42. The van der Waals surface area contributed by atoms with Crippen molar-refractivity contribution in [1.29, 1.82) is 0 Å². The van der Waals surface area contributed by atoms with Crippen LogP contribution in [-0.4, -0.2) is 25.0 Å². The SMILES string of the molecule is CN1CC[C@@]2(C)c3ccccc3CC[C@@H]2C1. The second-order valence-corrected chi connectivity index (χ2v) is 5.82. The van der Waals surface area contributed by atoms with E-state index in [1.807, 2.05) is 0 Å². The predicted octanol–water partition coefficient (Wildman–Crippen LogP) is 2.84. The molecule has 2 aliphatic rings. The van der Waals surface area contributed by atoms with Crippen LogP contribution >= 0.6 is 0 Å². The van der Waals surface area contributed by atoms with Crippen LogP contribution in [-0.2, 0) is 11.8 Å². The van der Waals surface area contributed by atoms with Crippen molar-refractivity contribution in [2.45, 2.75) is 31.6 Å². The molecule has 0 N–H and O–H groups in total. The van der Waals surface area contributed by atoms with Crippen LogP contribution in [0.4, 0.5) is 0 Å². The summed E-state index contributed by atoms with van der Waals surface area (Å²) in [4.78, 5) is 2.50. The Bertz CT molecular complexity index is 398. The monoisotopic (exact) mass is 215 g/mol. The van der Waals surface area contributed by atoms with Crippen molar-refractivity contribution in [1.82, 2.24) is 4.90 Å². The lowest BCUT2D eigenvalue weighted by atomic mass is 9.61. The maximum Gasteiger partial charge on any atom is 0.00152 e. The summed E-state index contributed by atoms with van der Waals surface area (Å²) in [5.74, 6) is 0.862. The van der Waals surface area contributed by atoms with Crippen LogP contribution in [0.15, 0.2) is 24.3 Å². The van der Waals surface area contributed by atoms with Gasteiger partial charge < -0.3 is 4.90 Å². The van der Waals surface area contributed by atoms with Gasteiger partial charge in [0.25, 0.3) is 0 Å². The van der Waals surface area contributed by atoms with E-state index in [-0.39, 0.29) is 0 Å². The van der Waals surface area contributed by atoms with Crippen LogP contribution in [0.3, 0.4) is 0 Å². The Morgan fingerprint density at radius 2 is 2.12 bits per heavy atom. The molecule has 3 rings (SSSR count). The van der Waals surface area contributed by atoms with Crippen LogP contribution in [0.1, 0.15) is 30.9 Å². The Morgan fingerprint density at radius 3 is 3.00 bits per heavy atom. The quantitative estimate of drug-likeness (QED) is 0.643. The summed E-state index contributed by atoms with van der Waals surface area (Å²) < 4.78 is 0. The van der Waals surface area contributed by atoms with Gasteiger partial charge in [-0.2, -0.15) is 0 Å². The highest BCUT2D eigenvalue weighted by Crippen LogP contribution is 2.46. The molecule has 1 aliphatic carbocycles. The average molecular weight is 215 g/mol. The van der Waals surface area contributed by atoms with Crippen molar-refractivity contribution < 1.29 is 0 Å². The molecular weight excluding hydrogens is 194 g/mol. The molecule has 1 heteroatoms. The summed E-state index contributed by atoms with van der Waals surface area (Å²) in [5.41, 5.74) is 3.69. The number of likely N-dealkylation sites (tertiary alicyclic amines) is 1. The summed E-state index contributed by atoms with van der Waals surface area (Å²) in [7, 11) is 2.26. The van der Waals surface area contributed by atoms with Crippen LogP contribution in [0, 0.1) is 5.92 Å². The van der Waals surface area contributed by atoms with Gasteiger partial charge in [-0.25, -0.2) is 0 Å². The standard InChI is InChI=1S/C15H21N/c1-15-9-10-16(2)11-13(15)8-7-12-5-3-4-6-14(12)15/h3-6,13H,7-11H2,1-2H3/t13-,15-/m1/s1. The zero-order chi connectivity index (χ0) is 11.2. The summed E-state index contributed by atoms with van der Waals surface area (Å²) in [5, 5.41) is 0. The molecule has 1 fully saturated rings. The number of piperidine rings is 1. The Labute approximate surface area is 98.5 Å². The molecule has 0 saturated carbocycles. The number of nitrogens with zero attached hydrogens (tertiary/aromatic N) is 1. The van der Waals surface area contributed by atoms with Crippen LogP contribution in [0.5, 0.6) is 0 Å². The molecular formula is C15H21N. The molecule has 0 amide bonds. The van der Waals surface area contributed by atoms with Gasteiger partial charge in [-0.15, -0.1) is 0 Å². The van der Waals surface area contributed by atoms with Crippen molar-refractivity contribution in [2.75, 3.05) is 20.1 Å². The molecule has 1 aliphatic heterocycles. The van der Waals surface area contributed by atoms with Gasteiger partial charge in [0.05, 0.1) is 0 Å². The van der Waals surface area contributed by atoms with E-state index in [0.717, 1.165) is 5.92 Å². The molecule has 0 aromatic heterocycles. The first-order chi connectivity index (χ1) is 7.70. The van der Waals surface area contributed by atoms with Crippen molar-refractivity contribution >= 4 is 0 Å². The minimum atomic E-state index is 0.446.